The molecule has 4 nitrogen and oxygen atoms in total. The molecule has 0 radical (unpaired) electrons. The Morgan fingerprint density at radius 2 is 1.89 bits per heavy atom. The Hall–Kier alpha value is -0.620. The Bertz CT molecular complexity index is 471. The van der Waals surface area contributed by atoms with Crippen LogP contribution in [0.5, 0.6) is 0 Å². The molecule has 1 saturated heterocycles. The number of carbonyl (C=O) groups is 1. The van der Waals surface area contributed by atoms with Crippen molar-refractivity contribution in [2.24, 2.45) is 0 Å². The first-order valence-corrected chi connectivity index (χ1v) is 7.03. The molecule has 2 rings (SSSR count). The average molecular weight is 349 g/mol. The van der Waals surface area contributed by atoms with Gasteiger partial charge < -0.3 is 14.4 Å². The topological polar surface area (TPSA) is 38.8 Å². The van der Waals surface area contributed by atoms with E-state index in [1.807, 2.05) is 0 Å². The third-order valence-corrected chi connectivity index (χ3v) is 4.19. The number of amides is 1. The number of benzene rings is 1. The van der Waals surface area contributed by atoms with Crippen LogP contribution in [0.4, 0.5) is 0 Å². The number of likely N-dealkylation sites (tertiary alicyclic amines) is 1. The molecule has 1 fully saturated rings. The fraction of sp³-hybridized carbons (Fsp3) is 0.462. The van der Waals surface area contributed by atoms with Gasteiger partial charge in [0.2, 0.25) is 0 Å². The summed E-state index contributed by atoms with van der Waals surface area (Å²) in [4.78, 5) is 14.2. The van der Waals surface area contributed by atoms with Crippen molar-refractivity contribution in [3.8, 4) is 0 Å². The standard InChI is InChI=1S/C13H15BrClNO3/c1-18-11-6-16(7-12(11)19-2)13(17)9-5-8(15)3-4-10(9)14/h3-5,11-12H,6-7H2,1-2H3. The van der Waals surface area contributed by atoms with Crippen molar-refractivity contribution in [1.29, 1.82) is 0 Å². The van der Waals surface area contributed by atoms with E-state index < -0.39 is 0 Å². The number of rotatable bonds is 3. The Morgan fingerprint density at radius 1 is 1.32 bits per heavy atom. The molecule has 1 aliphatic rings. The molecule has 104 valence electrons. The van der Waals surface area contributed by atoms with Crippen LogP contribution in [0, 0.1) is 0 Å². The van der Waals surface area contributed by atoms with Crippen LogP contribution in [-0.4, -0.2) is 50.3 Å². The van der Waals surface area contributed by atoms with Gasteiger partial charge in [-0.3, -0.25) is 4.79 Å². The third-order valence-electron chi connectivity index (χ3n) is 3.27. The molecule has 1 aromatic rings. The van der Waals surface area contributed by atoms with Gasteiger partial charge >= 0.3 is 0 Å². The lowest BCUT2D eigenvalue weighted by Crippen LogP contribution is -2.30. The lowest BCUT2D eigenvalue weighted by atomic mass is 10.2. The molecular weight excluding hydrogens is 334 g/mol. The second-order valence-corrected chi connectivity index (χ2v) is 5.67. The van der Waals surface area contributed by atoms with Gasteiger partial charge in [-0.1, -0.05) is 11.6 Å². The van der Waals surface area contributed by atoms with Gasteiger partial charge in [-0.15, -0.1) is 0 Å². The van der Waals surface area contributed by atoms with Crippen LogP contribution in [0.2, 0.25) is 5.02 Å². The first-order chi connectivity index (χ1) is 9.06. The summed E-state index contributed by atoms with van der Waals surface area (Å²) in [6.07, 6.45) is -0.182. The van der Waals surface area contributed by atoms with Crippen molar-refractivity contribution in [2.45, 2.75) is 12.2 Å². The Morgan fingerprint density at radius 3 is 2.42 bits per heavy atom. The van der Waals surface area contributed by atoms with E-state index in [1.54, 1.807) is 37.3 Å². The highest BCUT2D eigenvalue weighted by Crippen LogP contribution is 2.25. The Kier molecular flexibility index (Phi) is 4.84. The number of hydrogen-bond donors (Lipinski definition) is 0. The summed E-state index contributed by atoms with van der Waals surface area (Å²) in [6, 6.07) is 5.17. The van der Waals surface area contributed by atoms with Crippen molar-refractivity contribution < 1.29 is 14.3 Å². The van der Waals surface area contributed by atoms with E-state index >= 15 is 0 Å². The van der Waals surface area contributed by atoms with Crippen LogP contribution in [0.15, 0.2) is 22.7 Å². The summed E-state index contributed by atoms with van der Waals surface area (Å²) in [6.45, 7) is 1.04. The average Bonchev–Trinajstić information content (AvgIpc) is 2.84. The Labute approximate surface area is 125 Å². The van der Waals surface area contributed by atoms with Gasteiger partial charge in [-0.2, -0.15) is 0 Å². The van der Waals surface area contributed by atoms with Crippen LogP contribution in [0.25, 0.3) is 0 Å². The molecule has 0 aromatic heterocycles. The molecule has 0 saturated carbocycles. The van der Waals surface area contributed by atoms with Crippen molar-refractivity contribution in [1.82, 2.24) is 4.90 Å². The summed E-state index contributed by atoms with van der Waals surface area (Å²) in [5.74, 6) is -0.0732. The van der Waals surface area contributed by atoms with Crippen molar-refractivity contribution >= 4 is 33.4 Å². The predicted octanol–water partition coefficient (Wildman–Crippen LogP) is 2.59. The zero-order valence-corrected chi connectivity index (χ0v) is 13.1. The van der Waals surface area contributed by atoms with Gasteiger partial charge in [0.1, 0.15) is 12.2 Å². The van der Waals surface area contributed by atoms with Crippen LogP contribution in [0.3, 0.4) is 0 Å². The molecule has 2 atom stereocenters. The zero-order valence-electron chi connectivity index (χ0n) is 10.7. The molecule has 1 heterocycles. The minimum absolute atomic E-state index is 0.0732. The maximum atomic E-state index is 12.5. The molecule has 0 bridgehead atoms. The summed E-state index contributed by atoms with van der Waals surface area (Å²) in [5.41, 5.74) is 0.555. The number of carbonyl (C=O) groups excluding carboxylic acids is 1. The van der Waals surface area contributed by atoms with E-state index in [9.17, 15) is 4.79 Å². The molecule has 0 N–H and O–H groups in total. The summed E-state index contributed by atoms with van der Waals surface area (Å²) in [5, 5.41) is 0.539. The zero-order chi connectivity index (χ0) is 14.0. The maximum absolute atomic E-state index is 12.5. The molecule has 0 spiro atoms. The monoisotopic (exact) mass is 347 g/mol. The quantitative estimate of drug-likeness (QED) is 0.843. The van der Waals surface area contributed by atoms with Gasteiger partial charge in [-0.25, -0.2) is 0 Å². The van der Waals surface area contributed by atoms with Gasteiger partial charge in [0.15, 0.2) is 0 Å². The lowest BCUT2D eigenvalue weighted by Gasteiger charge is -2.16. The number of hydrogen-bond acceptors (Lipinski definition) is 3. The van der Waals surface area contributed by atoms with Crippen molar-refractivity contribution in [2.75, 3.05) is 27.3 Å². The third kappa shape index (κ3) is 3.11. The first-order valence-electron chi connectivity index (χ1n) is 5.86. The molecule has 1 aliphatic heterocycles. The molecule has 0 aliphatic carbocycles. The largest absolute Gasteiger partial charge is 0.377 e. The molecule has 6 heteroatoms. The van der Waals surface area contributed by atoms with Crippen LogP contribution in [0.1, 0.15) is 10.4 Å². The van der Waals surface area contributed by atoms with E-state index in [-0.39, 0.29) is 18.1 Å². The Balaban J connectivity index is 2.19. The SMILES string of the molecule is COC1CN(C(=O)c2cc(Cl)ccc2Br)CC1OC. The van der Waals surface area contributed by atoms with E-state index in [1.165, 1.54) is 0 Å². The van der Waals surface area contributed by atoms with Crippen LogP contribution < -0.4 is 0 Å². The van der Waals surface area contributed by atoms with Crippen LogP contribution in [-0.2, 0) is 9.47 Å². The summed E-state index contributed by atoms with van der Waals surface area (Å²) in [7, 11) is 3.25. The normalized spacial score (nSPS) is 22.8. The minimum Gasteiger partial charge on any atom is -0.377 e. The van der Waals surface area contributed by atoms with Crippen molar-refractivity contribution in [3.63, 3.8) is 0 Å². The summed E-state index contributed by atoms with van der Waals surface area (Å²) < 4.78 is 11.4. The van der Waals surface area contributed by atoms with Gasteiger partial charge in [0.05, 0.1) is 5.56 Å². The number of ether oxygens (including phenoxy) is 2. The van der Waals surface area contributed by atoms with E-state index in [0.29, 0.717) is 23.7 Å². The van der Waals surface area contributed by atoms with Crippen LogP contribution >= 0.6 is 27.5 Å². The summed E-state index contributed by atoms with van der Waals surface area (Å²) >= 11 is 9.31. The highest BCUT2D eigenvalue weighted by molar-refractivity contribution is 9.10. The van der Waals surface area contributed by atoms with Gasteiger partial charge in [0.25, 0.3) is 5.91 Å². The second-order valence-electron chi connectivity index (χ2n) is 4.38. The van der Waals surface area contributed by atoms with E-state index in [2.05, 4.69) is 15.9 Å². The van der Waals surface area contributed by atoms with E-state index in [0.717, 1.165) is 4.47 Å². The fourth-order valence-electron chi connectivity index (χ4n) is 2.19. The lowest BCUT2D eigenvalue weighted by molar-refractivity contribution is -0.00461. The second kappa shape index (κ2) is 6.22. The predicted molar refractivity (Wildman–Crippen MR) is 76.6 cm³/mol. The molecule has 2 unspecified atom stereocenters. The molecule has 1 aromatic carbocycles. The van der Waals surface area contributed by atoms with Gasteiger partial charge in [0, 0.05) is 36.8 Å². The van der Waals surface area contributed by atoms with E-state index in [4.69, 9.17) is 21.1 Å². The maximum Gasteiger partial charge on any atom is 0.255 e. The number of halogens is 2. The number of methoxy groups -OCH3 is 2. The first kappa shape index (κ1) is 14.8. The highest BCUT2D eigenvalue weighted by atomic mass is 79.9. The number of nitrogens with zero attached hydrogens (tertiary/aromatic N) is 1. The smallest absolute Gasteiger partial charge is 0.255 e. The highest BCUT2D eigenvalue weighted by Gasteiger charge is 2.36. The van der Waals surface area contributed by atoms with Crippen molar-refractivity contribution in [3.05, 3.63) is 33.3 Å². The fourth-order valence-corrected chi connectivity index (χ4v) is 2.78. The minimum atomic E-state index is -0.0908. The molecule has 19 heavy (non-hydrogen) atoms. The molecular formula is C13H15BrClNO3. The molecule has 1 amide bonds. The van der Waals surface area contributed by atoms with Gasteiger partial charge in [-0.05, 0) is 34.1 Å².